The molecule has 0 saturated carbocycles. The van der Waals surface area contributed by atoms with Crippen LogP contribution >= 0.6 is 31.9 Å². The van der Waals surface area contributed by atoms with Crippen LogP contribution in [0.15, 0.2) is 39.4 Å². The van der Waals surface area contributed by atoms with Crippen molar-refractivity contribution in [3.05, 3.63) is 50.7 Å². The molecule has 17 heavy (non-hydrogen) atoms. The number of hydrogen-bond donors (Lipinski definition) is 1. The third kappa shape index (κ3) is 2.61. The van der Waals surface area contributed by atoms with Gasteiger partial charge in [-0.3, -0.25) is 4.68 Å². The molecule has 1 unspecified atom stereocenters. The van der Waals surface area contributed by atoms with Gasteiger partial charge in [0.2, 0.25) is 0 Å². The maximum absolute atomic E-state index is 10.4. The van der Waals surface area contributed by atoms with Crippen molar-refractivity contribution >= 4 is 31.9 Å². The van der Waals surface area contributed by atoms with E-state index in [4.69, 9.17) is 0 Å². The number of hydrogen-bond acceptors (Lipinski definition) is 2. The molecule has 5 heteroatoms. The lowest BCUT2D eigenvalue weighted by Gasteiger charge is -2.14. The predicted molar refractivity (Wildman–Crippen MR) is 73.8 cm³/mol. The van der Waals surface area contributed by atoms with Gasteiger partial charge in [0.05, 0.1) is 5.69 Å². The monoisotopic (exact) mass is 358 g/mol. The predicted octanol–water partition coefficient (Wildman–Crippen LogP) is 3.51. The number of aromatic nitrogens is 2. The van der Waals surface area contributed by atoms with Crippen molar-refractivity contribution in [2.45, 2.75) is 19.6 Å². The van der Waals surface area contributed by atoms with Crippen molar-refractivity contribution in [3.8, 4) is 0 Å². The van der Waals surface area contributed by atoms with Gasteiger partial charge in [-0.15, -0.1) is 0 Å². The minimum atomic E-state index is -0.667. The van der Waals surface area contributed by atoms with E-state index in [0.29, 0.717) is 0 Å². The normalized spacial score (nSPS) is 12.7. The summed E-state index contributed by atoms with van der Waals surface area (Å²) in [6.45, 7) is 2.74. The zero-order valence-electron chi connectivity index (χ0n) is 9.27. The van der Waals surface area contributed by atoms with Crippen LogP contribution in [0.3, 0.4) is 0 Å². The molecule has 3 nitrogen and oxygen atoms in total. The highest BCUT2D eigenvalue weighted by Gasteiger charge is 2.17. The van der Waals surface area contributed by atoms with E-state index in [1.165, 1.54) is 0 Å². The summed E-state index contributed by atoms with van der Waals surface area (Å²) in [4.78, 5) is 0. The van der Waals surface area contributed by atoms with E-state index < -0.39 is 6.10 Å². The van der Waals surface area contributed by atoms with Crippen LogP contribution in [0.2, 0.25) is 0 Å². The molecule has 0 aliphatic heterocycles. The Morgan fingerprint density at radius 1 is 1.35 bits per heavy atom. The van der Waals surface area contributed by atoms with Crippen LogP contribution in [0.5, 0.6) is 0 Å². The molecule has 0 bridgehead atoms. The molecule has 0 aliphatic rings. The van der Waals surface area contributed by atoms with E-state index in [9.17, 15) is 5.11 Å². The molecular formula is C12H12Br2N2O. The third-order valence-electron chi connectivity index (χ3n) is 2.59. The van der Waals surface area contributed by atoms with Crippen molar-refractivity contribution in [1.82, 2.24) is 9.78 Å². The van der Waals surface area contributed by atoms with Gasteiger partial charge in [0.1, 0.15) is 6.10 Å². The van der Waals surface area contributed by atoms with Crippen LogP contribution in [0.4, 0.5) is 0 Å². The summed E-state index contributed by atoms with van der Waals surface area (Å²) in [6, 6.07) is 7.57. The molecule has 0 radical (unpaired) electrons. The fraction of sp³-hybridized carbons (Fsp3) is 0.250. The Balaban J connectivity index is 2.40. The van der Waals surface area contributed by atoms with Gasteiger partial charge in [-0.1, -0.05) is 37.9 Å². The molecule has 1 N–H and O–H groups in total. The van der Waals surface area contributed by atoms with E-state index in [-0.39, 0.29) is 0 Å². The molecule has 1 heterocycles. The fourth-order valence-electron chi connectivity index (χ4n) is 1.72. The summed E-state index contributed by atoms with van der Waals surface area (Å²) < 4.78 is 3.65. The molecule has 1 aromatic heterocycles. The van der Waals surface area contributed by atoms with Gasteiger partial charge >= 0.3 is 0 Å². The zero-order valence-corrected chi connectivity index (χ0v) is 12.4. The first-order valence-corrected chi connectivity index (χ1v) is 6.86. The Hall–Kier alpha value is -0.650. The van der Waals surface area contributed by atoms with Gasteiger partial charge in [-0.05, 0) is 25.1 Å². The summed E-state index contributed by atoms with van der Waals surface area (Å²) in [7, 11) is 0. The van der Waals surface area contributed by atoms with E-state index in [1.54, 1.807) is 10.9 Å². The number of aliphatic hydroxyl groups excluding tert-OH is 1. The van der Waals surface area contributed by atoms with Crippen LogP contribution in [-0.2, 0) is 6.54 Å². The highest BCUT2D eigenvalue weighted by molar-refractivity contribution is 9.11. The summed E-state index contributed by atoms with van der Waals surface area (Å²) in [6.07, 6.45) is 1.04. The fourth-order valence-corrected chi connectivity index (χ4v) is 2.99. The van der Waals surface area contributed by atoms with Gasteiger partial charge < -0.3 is 5.11 Å². The summed E-state index contributed by atoms with van der Waals surface area (Å²) >= 11 is 6.85. The molecule has 1 aromatic carbocycles. The largest absolute Gasteiger partial charge is 0.382 e. The Morgan fingerprint density at radius 2 is 2.12 bits per heavy atom. The molecule has 0 saturated heterocycles. The van der Waals surface area contributed by atoms with Gasteiger partial charge in [0.15, 0.2) is 0 Å². The lowest BCUT2D eigenvalue weighted by atomic mass is 10.1. The minimum absolute atomic E-state index is 0.667. The van der Waals surface area contributed by atoms with Crippen molar-refractivity contribution in [3.63, 3.8) is 0 Å². The van der Waals surface area contributed by atoms with Crippen LogP contribution in [0.1, 0.15) is 24.3 Å². The number of benzene rings is 1. The van der Waals surface area contributed by atoms with E-state index in [1.807, 2.05) is 31.2 Å². The molecular weight excluding hydrogens is 348 g/mol. The minimum Gasteiger partial charge on any atom is -0.382 e. The number of nitrogens with zero attached hydrogens (tertiary/aromatic N) is 2. The number of aryl methyl sites for hydroxylation is 1. The Kier molecular flexibility index (Phi) is 4.01. The second-order valence-corrected chi connectivity index (χ2v) is 5.41. The zero-order chi connectivity index (χ0) is 12.4. The number of halogens is 2. The summed E-state index contributed by atoms with van der Waals surface area (Å²) in [5.74, 6) is 0. The molecule has 0 aliphatic carbocycles. The maximum Gasteiger partial charge on any atom is 0.122 e. The number of rotatable bonds is 3. The molecule has 0 spiro atoms. The lowest BCUT2D eigenvalue weighted by Crippen LogP contribution is -2.09. The molecule has 0 fully saturated rings. The Morgan fingerprint density at radius 3 is 2.76 bits per heavy atom. The third-order valence-corrected chi connectivity index (χ3v) is 3.77. The topological polar surface area (TPSA) is 38.0 Å². The van der Waals surface area contributed by atoms with Gasteiger partial charge in [0, 0.05) is 27.3 Å². The van der Waals surface area contributed by atoms with Gasteiger partial charge in [-0.2, -0.15) is 5.10 Å². The van der Waals surface area contributed by atoms with Crippen LogP contribution in [-0.4, -0.2) is 14.9 Å². The average molecular weight is 360 g/mol. The second-order valence-electron chi connectivity index (χ2n) is 3.64. The van der Waals surface area contributed by atoms with Crippen LogP contribution < -0.4 is 0 Å². The summed E-state index contributed by atoms with van der Waals surface area (Å²) in [5, 5.41) is 14.5. The number of aliphatic hydroxyl groups is 1. The Bertz CT molecular complexity index is 525. The van der Waals surface area contributed by atoms with Crippen LogP contribution in [0.25, 0.3) is 0 Å². The van der Waals surface area contributed by atoms with Crippen molar-refractivity contribution in [1.29, 1.82) is 0 Å². The second kappa shape index (κ2) is 5.33. The molecule has 0 amide bonds. The first-order valence-electron chi connectivity index (χ1n) is 5.28. The SMILES string of the molecule is CCn1nccc1C(O)c1ccc(Br)cc1Br. The van der Waals surface area contributed by atoms with E-state index in [2.05, 4.69) is 37.0 Å². The van der Waals surface area contributed by atoms with E-state index in [0.717, 1.165) is 26.7 Å². The first kappa shape index (κ1) is 12.8. The van der Waals surface area contributed by atoms with Crippen molar-refractivity contribution in [2.75, 3.05) is 0 Å². The smallest absolute Gasteiger partial charge is 0.122 e. The molecule has 2 aromatic rings. The highest BCUT2D eigenvalue weighted by atomic mass is 79.9. The first-order chi connectivity index (χ1) is 8.13. The Labute approximate surface area is 117 Å². The van der Waals surface area contributed by atoms with Crippen molar-refractivity contribution in [2.24, 2.45) is 0 Å². The standard InChI is InChI=1S/C12H12Br2N2O/c1-2-16-11(5-6-15-16)12(17)9-4-3-8(13)7-10(9)14/h3-7,12,17H,2H2,1H3. The quantitative estimate of drug-likeness (QED) is 0.910. The van der Waals surface area contributed by atoms with Crippen LogP contribution in [0, 0.1) is 0 Å². The van der Waals surface area contributed by atoms with Gasteiger partial charge in [0.25, 0.3) is 0 Å². The van der Waals surface area contributed by atoms with E-state index >= 15 is 0 Å². The van der Waals surface area contributed by atoms with Crippen molar-refractivity contribution < 1.29 is 5.11 Å². The average Bonchev–Trinajstić information content (AvgIpc) is 2.76. The lowest BCUT2D eigenvalue weighted by molar-refractivity contribution is 0.207. The highest BCUT2D eigenvalue weighted by Crippen LogP contribution is 2.30. The molecule has 2 rings (SSSR count). The summed E-state index contributed by atoms with van der Waals surface area (Å²) in [5.41, 5.74) is 1.64. The molecule has 90 valence electrons. The van der Waals surface area contributed by atoms with Gasteiger partial charge in [-0.25, -0.2) is 0 Å². The molecule has 1 atom stereocenters. The maximum atomic E-state index is 10.4.